The van der Waals surface area contributed by atoms with Gasteiger partial charge in [-0.1, -0.05) is 31.7 Å². The zero-order valence-electron chi connectivity index (χ0n) is 16.8. The van der Waals surface area contributed by atoms with Crippen LogP contribution >= 0.6 is 11.8 Å². The molecule has 0 aliphatic carbocycles. The van der Waals surface area contributed by atoms with E-state index in [0.29, 0.717) is 29.0 Å². The third kappa shape index (κ3) is 7.16. The molecule has 0 unspecified atom stereocenters. The van der Waals surface area contributed by atoms with Crippen LogP contribution in [0, 0.1) is 16.0 Å². The molecule has 0 saturated heterocycles. The minimum atomic E-state index is -0.538. The molecule has 1 heterocycles. The quantitative estimate of drug-likeness (QED) is 0.279. The number of amides is 2. The second-order valence-electron chi connectivity index (χ2n) is 6.95. The van der Waals surface area contributed by atoms with Crippen LogP contribution in [0.25, 0.3) is 0 Å². The number of imidazole rings is 1. The molecule has 162 valence electrons. The number of aliphatic hydroxyl groups is 1. The van der Waals surface area contributed by atoms with Gasteiger partial charge in [0.05, 0.1) is 29.2 Å². The van der Waals surface area contributed by atoms with Crippen LogP contribution < -0.4 is 10.6 Å². The summed E-state index contributed by atoms with van der Waals surface area (Å²) in [4.78, 5) is 38.9. The fourth-order valence-corrected chi connectivity index (χ4v) is 3.32. The van der Waals surface area contributed by atoms with Crippen molar-refractivity contribution >= 4 is 35.0 Å². The molecular weight excluding hydrogens is 410 g/mol. The Morgan fingerprint density at radius 2 is 2.10 bits per heavy atom. The first-order valence-electron chi connectivity index (χ1n) is 9.39. The third-order valence-electron chi connectivity index (χ3n) is 4.08. The number of aliphatic hydroxyl groups excluding tert-OH is 1. The first-order chi connectivity index (χ1) is 14.3. The number of rotatable bonds is 11. The number of hydrogen-bond acceptors (Lipinski definition) is 7. The average Bonchev–Trinajstić information content (AvgIpc) is 3.07. The topological polar surface area (TPSA) is 139 Å². The number of aromatic nitrogens is 2. The van der Waals surface area contributed by atoms with Crippen molar-refractivity contribution in [2.75, 3.05) is 17.6 Å². The third-order valence-corrected chi connectivity index (χ3v) is 5.07. The molecule has 11 heteroatoms. The van der Waals surface area contributed by atoms with Crippen LogP contribution in [0.1, 0.15) is 26.0 Å². The predicted molar refractivity (Wildman–Crippen MR) is 113 cm³/mol. The van der Waals surface area contributed by atoms with Gasteiger partial charge in [0.1, 0.15) is 6.54 Å². The molecule has 0 radical (unpaired) electrons. The summed E-state index contributed by atoms with van der Waals surface area (Å²) in [6.07, 6.45) is 2.32. The lowest BCUT2D eigenvalue weighted by Crippen LogP contribution is -2.30. The maximum absolute atomic E-state index is 12.2. The SMILES string of the molecule is CC(C)CCNC(=O)Cn1c(CO)cnc1SCC(=O)Nc1cccc([N+](=O)[O-])c1. The van der Waals surface area contributed by atoms with E-state index in [2.05, 4.69) is 29.5 Å². The Hall–Kier alpha value is -2.92. The minimum Gasteiger partial charge on any atom is -0.390 e. The average molecular weight is 436 g/mol. The highest BCUT2D eigenvalue weighted by atomic mass is 32.2. The van der Waals surface area contributed by atoms with Crippen LogP contribution in [-0.2, 0) is 22.7 Å². The lowest BCUT2D eigenvalue weighted by Gasteiger charge is -2.12. The highest BCUT2D eigenvalue weighted by Gasteiger charge is 2.15. The van der Waals surface area contributed by atoms with Crippen molar-refractivity contribution in [2.24, 2.45) is 5.92 Å². The maximum atomic E-state index is 12.2. The highest BCUT2D eigenvalue weighted by Crippen LogP contribution is 2.21. The van der Waals surface area contributed by atoms with Crippen LogP contribution in [0.5, 0.6) is 0 Å². The van der Waals surface area contributed by atoms with Gasteiger partial charge in [0.25, 0.3) is 5.69 Å². The number of nitro groups is 1. The first-order valence-corrected chi connectivity index (χ1v) is 10.4. The summed E-state index contributed by atoms with van der Waals surface area (Å²) in [7, 11) is 0. The Balaban J connectivity index is 1.95. The number of hydrogen-bond donors (Lipinski definition) is 3. The van der Waals surface area contributed by atoms with Crippen LogP contribution in [0.3, 0.4) is 0 Å². The number of non-ortho nitro benzene ring substituents is 1. The molecule has 0 aliphatic rings. The summed E-state index contributed by atoms with van der Waals surface area (Å²) in [5.41, 5.74) is 0.668. The van der Waals surface area contributed by atoms with Crippen LogP contribution in [-0.4, -0.2) is 43.7 Å². The number of nitro benzene ring substituents is 1. The molecule has 30 heavy (non-hydrogen) atoms. The zero-order valence-corrected chi connectivity index (χ0v) is 17.6. The van der Waals surface area contributed by atoms with E-state index >= 15 is 0 Å². The highest BCUT2D eigenvalue weighted by molar-refractivity contribution is 7.99. The summed E-state index contributed by atoms with van der Waals surface area (Å²) in [6.45, 7) is 4.40. The van der Waals surface area contributed by atoms with Crippen molar-refractivity contribution in [3.8, 4) is 0 Å². The molecule has 0 saturated carbocycles. The van der Waals surface area contributed by atoms with Crippen molar-refractivity contribution in [1.29, 1.82) is 0 Å². The number of carbonyl (C=O) groups excluding carboxylic acids is 2. The van der Waals surface area contributed by atoms with Crippen molar-refractivity contribution in [2.45, 2.75) is 38.6 Å². The van der Waals surface area contributed by atoms with E-state index in [9.17, 15) is 24.8 Å². The summed E-state index contributed by atoms with van der Waals surface area (Å²) >= 11 is 1.11. The second kappa shape index (κ2) is 11.3. The number of nitrogens with zero attached hydrogens (tertiary/aromatic N) is 3. The fraction of sp³-hybridized carbons (Fsp3) is 0.421. The van der Waals surface area contributed by atoms with Gasteiger partial charge in [-0.3, -0.25) is 19.7 Å². The van der Waals surface area contributed by atoms with Gasteiger partial charge in [0, 0.05) is 24.4 Å². The van der Waals surface area contributed by atoms with E-state index in [4.69, 9.17) is 0 Å². The van der Waals surface area contributed by atoms with E-state index in [0.717, 1.165) is 18.2 Å². The smallest absolute Gasteiger partial charge is 0.271 e. The second-order valence-corrected chi connectivity index (χ2v) is 7.90. The number of thioether (sulfide) groups is 1. The van der Waals surface area contributed by atoms with E-state index < -0.39 is 4.92 Å². The lowest BCUT2D eigenvalue weighted by atomic mass is 10.1. The Kier molecular flexibility index (Phi) is 8.81. The van der Waals surface area contributed by atoms with Crippen LogP contribution in [0.2, 0.25) is 0 Å². The summed E-state index contributed by atoms with van der Waals surface area (Å²) in [6, 6.07) is 5.65. The predicted octanol–water partition coefficient (Wildman–Crippen LogP) is 2.18. The Labute approximate surface area is 178 Å². The first kappa shape index (κ1) is 23.4. The van der Waals surface area contributed by atoms with Gasteiger partial charge in [-0.15, -0.1) is 0 Å². The minimum absolute atomic E-state index is 0.0111. The van der Waals surface area contributed by atoms with Gasteiger partial charge < -0.3 is 20.3 Å². The Morgan fingerprint density at radius 3 is 2.77 bits per heavy atom. The largest absolute Gasteiger partial charge is 0.390 e. The van der Waals surface area contributed by atoms with Gasteiger partial charge in [-0.05, 0) is 18.4 Å². The van der Waals surface area contributed by atoms with Gasteiger partial charge >= 0.3 is 0 Å². The van der Waals surface area contributed by atoms with E-state index in [1.165, 1.54) is 24.4 Å². The Bertz CT molecular complexity index is 899. The standard InChI is InChI=1S/C19H25N5O5S/c1-13(2)6-7-20-17(26)10-23-16(11-25)9-21-19(23)30-12-18(27)22-14-4-3-5-15(8-14)24(28)29/h3-5,8-9,13,25H,6-7,10-12H2,1-2H3,(H,20,26)(H,22,27). The van der Waals surface area contributed by atoms with E-state index in [-0.39, 0.29) is 36.4 Å². The number of nitrogens with one attached hydrogen (secondary N) is 2. The molecule has 2 amide bonds. The fourth-order valence-electron chi connectivity index (χ4n) is 2.53. The molecule has 2 aromatic rings. The molecule has 2 rings (SSSR count). The summed E-state index contributed by atoms with van der Waals surface area (Å²) < 4.78 is 1.57. The van der Waals surface area contributed by atoms with Crippen molar-refractivity contribution in [1.82, 2.24) is 14.9 Å². The maximum Gasteiger partial charge on any atom is 0.271 e. The van der Waals surface area contributed by atoms with Gasteiger partial charge in [0.15, 0.2) is 5.16 Å². The number of carbonyl (C=O) groups is 2. The molecular formula is C19H25N5O5S. The summed E-state index contributed by atoms with van der Waals surface area (Å²) in [5.74, 6) is -0.116. The zero-order chi connectivity index (χ0) is 22.1. The van der Waals surface area contributed by atoms with Crippen molar-refractivity contribution in [3.63, 3.8) is 0 Å². The van der Waals surface area contributed by atoms with Crippen LogP contribution in [0.15, 0.2) is 35.6 Å². The molecule has 0 aliphatic heterocycles. The normalized spacial score (nSPS) is 10.8. The van der Waals surface area contributed by atoms with E-state index in [1.807, 2.05) is 0 Å². The molecule has 1 aromatic heterocycles. The molecule has 10 nitrogen and oxygen atoms in total. The molecule has 3 N–H and O–H groups in total. The molecule has 0 atom stereocenters. The lowest BCUT2D eigenvalue weighted by molar-refractivity contribution is -0.384. The van der Waals surface area contributed by atoms with E-state index in [1.54, 1.807) is 10.6 Å². The molecule has 0 spiro atoms. The monoisotopic (exact) mass is 435 g/mol. The van der Waals surface area contributed by atoms with Crippen LogP contribution in [0.4, 0.5) is 11.4 Å². The van der Waals surface area contributed by atoms with Gasteiger partial charge in [-0.2, -0.15) is 0 Å². The molecule has 0 bridgehead atoms. The molecule has 1 aromatic carbocycles. The van der Waals surface area contributed by atoms with Crippen molar-refractivity contribution < 1.29 is 19.6 Å². The number of benzene rings is 1. The summed E-state index contributed by atoms with van der Waals surface area (Å²) in [5, 5.41) is 26.2. The van der Waals surface area contributed by atoms with Gasteiger partial charge in [0.2, 0.25) is 11.8 Å². The van der Waals surface area contributed by atoms with Gasteiger partial charge in [-0.25, -0.2) is 4.98 Å². The van der Waals surface area contributed by atoms with Crippen molar-refractivity contribution in [3.05, 3.63) is 46.3 Å². The Morgan fingerprint density at radius 1 is 1.33 bits per heavy atom. The number of anilines is 1. The molecule has 0 fully saturated rings.